The van der Waals surface area contributed by atoms with Crippen molar-refractivity contribution in [2.45, 2.75) is 6.54 Å². The minimum absolute atomic E-state index is 0.187. The van der Waals surface area contributed by atoms with Crippen molar-refractivity contribution in [2.75, 3.05) is 31.1 Å². The van der Waals surface area contributed by atoms with Gasteiger partial charge in [0.05, 0.1) is 11.2 Å². The van der Waals surface area contributed by atoms with E-state index in [9.17, 15) is 9.59 Å². The molecule has 1 saturated heterocycles. The van der Waals surface area contributed by atoms with Gasteiger partial charge in [-0.1, -0.05) is 12.6 Å². The van der Waals surface area contributed by atoms with Crippen molar-refractivity contribution in [3.05, 3.63) is 77.0 Å². The maximum atomic E-state index is 12.5. The van der Waals surface area contributed by atoms with Crippen LogP contribution in [0.2, 0.25) is 0 Å². The number of hydrogen-bond donors (Lipinski definition) is 1. The quantitative estimate of drug-likeness (QED) is 0.652. The van der Waals surface area contributed by atoms with Crippen LogP contribution in [0.3, 0.4) is 0 Å². The Kier molecular flexibility index (Phi) is 5.49. The highest BCUT2D eigenvalue weighted by Gasteiger charge is 2.20. The normalized spacial score (nSPS) is 14.6. The van der Waals surface area contributed by atoms with Gasteiger partial charge in [0.2, 0.25) is 0 Å². The third kappa shape index (κ3) is 4.04. The largest absolute Gasteiger partial charge is 0.511 e. The zero-order valence-electron chi connectivity index (χ0n) is 16.4. The van der Waals surface area contributed by atoms with Crippen LogP contribution in [0.5, 0.6) is 5.75 Å². The number of carbonyl (C=O) groups is 1. The first kappa shape index (κ1) is 19.7. The molecule has 1 fully saturated rings. The van der Waals surface area contributed by atoms with Crippen molar-refractivity contribution >= 4 is 23.4 Å². The van der Waals surface area contributed by atoms with Gasteiger partial charge in [-0.2, -0.15) is 0 Å². The molecule has 3 aromatic heterocycles. The van der Waals surface area contributed by atoms with E-state index in [2.05, 4.69) is 21.4 Å². The third-order valence-corrected chi connectivity index (χ3v) is 5.23. The highest BCUT2D eigenvalue weighted by molar-refractivity contribution is 5.63. The predicted molar refractivity (Wildman–Crippen MR) is 114 cm³/mol. The fourth-order valence-electron chi connectivity index (χ4n) is 3.74. The van der Waals surface area contributed by atoms with Crippen LogP contribution < -0.4 is 15.2 Å². The van der Waals surface area contributed by atoms with Crippen LogP contribution in [-0.2, 0) is 6.54 Å². The van der Waals surface area contributed by atoms with Crippen molar-refractivity contribution in [3.8, 4) is 5.75 Å². The molecule has 0 spiro atoms. The number of hydrogen-bond acceptors (Lipinski definition) is 6. The summed E-state index contributed by atoms with van der Waals surface area (Å²) in [5.41, 5.74) is 3.07. The molecule has 1 N–H and O–H groups in total. The fourth-order valence-corrected chi connectivity index (χ4v) is 3.74. The second-order valence-electron chi connectivity index (χ2n) is 7.07. The number of aromatic nitrogens is 2. The average molecular weight is 406 g/mol. The summed E-state index contributed by atoms with van der Waals surface area (Å²) < 4.78 is 6.15. The predicted octanol–water partition coefficient (Wildman–Crippen LogP) is 2.72. The summed E-state index contributed by atoms with van der Waals surface area (Å²) in [5, 5.41) is 8.95. The first-order valence-corrected chi connectivity index (χ1v) is 9.65. The molecule has 30 heavy (non-hydrogen) atoms. The van der Waals surface area contributed by atoms with Crippen molar-refractivity contribution < 1.29 is 14.6 Å². The molecular weight excluding hydrogens is 384 g/mol. The summed E-state index contributed by atoms with van der Waals surface area (Å²) in [7, 11) is 0. The number of fused-ring (bicyclic) bond motifs is 1. The molecule has 0 aromatic carbocycles. The summed E-state index contributed by atoms with van der Waals surface area (Å²) in [6.45, 7) is 7.73. The Morgan fingerprint density at radius 2 is 2.00 bits per heavy atom. The second-order valence-corrected chi connectivity index (χ2v) is 7.07. The molecule has 0 unspecified atom stereocenters. The Bertz CT molecular complexity index is 1150. The number of pyridine rings is 3. The number of piperazine rings is 1. The molecule has 1 aliphatic rings. The molecule has 4 heterocycles. The highest BCUT2D eigenvalue weighted by Crippen LogP contribution is 2.21. The van der Waals surface area contributed by atoms with Crippen molar-refractivity contribution in [1.82, 2.24) is 14.3 Å². The molecule has 8 heteroatoms. The van der Waals surface area contributed by atoms with Crippen molar-refractivity contribution in [1.29, 1.82) is 0 Å². The third-order valence-electron chi connectivity index (χ3n) is 5.23. The Morgan fingerprint density at radius 3 is 2.73 bits per heavy atom. The van der Waals surface area contributed by atoms with Crippen LogP contribution in [-0.4, -0.2) is 51.7 Å². The van der Waals surface area contributed by atoms with Gasteiger partial charge in [0, 0.05) is 50.8 Å². The summed E-state index contributed by atoms with van der Waals surface area (Å²) >= 11 is 0. The van der Waals surface area contributed by atoms with E-state index in [1.54, 1.807) is 24.5 Å². The monoisotopic (exact) mass is 406 g/mol. The van der Waals surface area contributed by atoms with E-state index in [0.717, 1.165) is 48.6 Å². The Morgan fingerprint density at radius 1 is 1.20 bits per heavy atom. The zero-order chi connectivity index (χ0) is 21.1. The fraction of sp³-hybridized carbons (Fsp3) is 0.227. The van der Waals surface area contributed by atoms with Crippen LogP contribution in [0.1, 0.15) is 11.3 Å². The van der Waals surface area contributed by atoms with Gasteiger partial charge in [0.15, 0.2) is 5.75 Å². The van der Waals surface area contributed by atoms with Crippen molar-refractivity contribution in [2.24, 2.45) is 0 Å². The van der Waals surface area contributed by atoms with E-state index in [1.807, 2.05) is 24.3 Å². The molecule has 0 atom stereocenters. The van der Waals surface area contributed by atoms with E-state index in [4.69, 9.17) is 9.84 Å². The van der Waals surface area contributed by atoms with Gasteiger partial charge in [-0.25, -0.2) is 4.79 Å². The maximum Gasteiger partial charge on any atom is 0.511 e. The lowest BCUT2D eigenvalue weighted by atomic mass is 10.1. The van der Waals surface area contributed by atoms with Gasteiger partial charge in [-0.15, -0.1) is 0 Å². The molecular formula is C22H22N4O4. The number of ether oxygens (including phenoxy) is 1. The maximum absolute atomic E-state index is 12.5. The van der Waals surface area contributed by atoms with Gasteiger partial charge in [-0.05, 0) is 42.0 Å². The molecule has 4 rings (SSSR count). The standard InChI is InChI=1S/C22H22N4O4/c1-2-17-14-18(6-7-23-17)25-11-9-24(10-12-25)15-16-13-20(30-22(28)29)21(27)26-8-4-3-5-19(16)26/h2-8,13-14H,1,9-12,15H2,(H,28,29). The van der Waals surface area contributed by atoms with Gasteiger partial charge in [0.1, 0.15) is 0 Å². The number of carboxylic acid groups (broad SMARTS) is 1. The van der Waals surface area contributed by atoms with Crippen LogP contribution in [0.4, 0.5) is 10.5 Å². The second kappa shape index (κ2) is 8.38. The molecule has 1 aliphatic heterocycles. The summed E-state index contributed by atoms with van der Waals surface area (Å²) in [5.74, 6) is -0.187. The van der Waals surface area contributed by atoms with E-state index < -0.39 is 11.7 Å². The van der Waals surface area contributed by atoms with Crippen LogP contribution >= 0.6 is 0 Å². The number of rotatable bonds is 5. The molecule has 0 amide bonds. The molecule has 0 bridgehead atoms. The van der Waals surface area contributed by atoms with Gasteiger partial charge < -0.3 is 14.7 Å². The summed E-state index contributed by atoms with van der Waals surface area (Å²) in [4.78, 5) is 32.3. The lowest BCUT2D eigenvalue weighted by Gasteiger charge is -2.36. The Labute approximate surface area is 173 Å². The lowest BCUT2D eigenvalue weighted by molar-refractivity contribution is 0.143. The smallest absolute Gasteiger partial charge is 0.449 e. The molecule has 154 valence electrons. The number of anilines is 1. The van der Waals surface area contributed by atoms with Gasteiger partial charge >= 0.3 is 6.16 Å². The van der Waals surface area contributed by atoms with E-state index in [0.29, 0.717) is 6.54 Å². The first-order valence-electron chi connectivity index (χ1n) is 9.65. The lowest BCUT2D eigenvalue weighted by Crippen LogP contribution is -2.46. The first-order chi connectivity index (χ1) is 14.5. The topological polar surface area (TPSA) is 87.4 Å². The van der Waals surface area contributed by atoms with E-state index in [-0.39, 0.29) is 5.75 Å². The minimum atomic E-state index is -1.50. The molecule has 3 aromatic rings. The highest BCUT2D eigenvalue weighted by atomic mass is 16.7. The summed E-state index contributed by atoms with van der Waals surface area (Å²) in [6.07, 6.45) is 3.64. The zero-order valence-corrected chi connectivity index (χ0v) is 16.4. The summed E-state index contributed by atoms with van der Waals surface area (Å²) in [6, 6.07) is 11.0. The molecule has 0 aliphatic carbocycles. The molecule has 8 nitrogen and oxygen atoms in total. The Hall–Kier alpha value is -3.65. The molecule has 0 saturated carbocycles. The van der Waals surface area contributed by atoms with E-state index >= 15 is 0 Å². The van der Waals surface area contributed by atoms with Crippen LogP contribution in [0, 0.1) is 0 Å². The average Bonchev–Trinajstić information content (AvgIpc) is 2.77. The van der Waals surface area contributed by atoms with Gasteiger partial charge in [0.25, 0.3) is 5.56 Å². The Balaban J connectivity index is 1.53. The van der Waals surface area contributed by atoms with Crippen LogP contribution in [0.15, 0.2) is 60.2 Å². The van der Waals surface area contributed by atoms with Crippen molar-refractivity contribution in [3.63, 3.8) is 0 Å². The molecule has 0 radical (unpaired) electrons. The number of nitrogens with zero attached hydrogens (tertiary/aromatic N) is 4. The minimum Gasteiger partial charge on any atom is -0.449 e. The van der Waals surface area contributed by atoms with Crippen LogP contribution in [0.25, 0.3) is 11.6 Å². The van der Waals surface area contributed by atoms with E-state index in [1.165, 1.54) is 10.5 Å². The van der Waals surface area contributed by atoms with Gasteiger partial charge in [-0.3, -0.25) is 19.1 Å². The SMILES string of the molecule is C=Cc1cc(N2CCN(Cc3cc(OC(=O)O)c(=O)n4ccccc34)CC2)ccn1.